The van der Waals surface area contributed by atoms with Crippen molar-refractivity contribution in [3.05, 3.63) is 23.8 Å². The Balaban J connectivity index is 2.93. The standard InChI is InChI=1S/C10H17N3O2S/c1-7(2)12-16(14,15)13-10-6-4-5-9(11)8(10)3/h4-7,12-13H,11H2,1-3H3. The first kappa shape index (κ1) is 12.8. The Hall–Kier alpha value is -1.27. The monoisotopic (exact) mass is 243 g/mol. The van der Waals surface area contributed by atoms with Crippen LogP contribution in [0.15, 0.2) is 18.2 Å². The largest absolute Gasteiger partial charge is 0.398 e. The second-order valence-corrected chi connectivity index (χ2v) is 5.34. The van der Waals surface area contributed by atoms with Crippen LogP contribution in [0.3, 0.4) is 0 Å². The topological polar surface area (TPSA) is 84.2 Å². The summed E-state index contributed by atoms with van der Waals surface area (Å²) in [6, 6.07) is 4.95. The third-order valence-corrected chi connectivity index (χ3v) is 3.28. The lowest BCUT2D eigenvalue weighted by atomic mass is 10.2. The minimum Gasteiger partial charge on any atom is -0.398 e. The predicted octanol–water partition coefficient (Wildman–Crippen LogP) is 1.23. The van der Waals surface area contributed by atoms with Crippen molar-refractivity contribution in [1.82, 2.24) is 4.72 Å². The molecule has 0 saturated heterocycles. The van der Waals surface area contributed by atoms with Gasteiger partial charge in [-0.2, -0.15) is 13.1 Å². The molecule has 4 N–H and O–H groups in total. The zero-order valence-corrected chi connectivity index (χ0v) is 10.4. The van der Waals surface area contributed by atoms with Gasteiger partial charge < -0.3 is 5.73 Å². The molecule has 0 aliphatic rings. The Labute approximate surface area is 96.2 Å². The average molecular weight is 243 g/mol. The van der Waals surface area contributed by atoms with Crippen LogP contribution in [0.5, 0.6) is 0 Å². The van der Waals surface area contributed by atoms with E-state index in [4.69, 9.17) is 5.73 Å². The van der Waals surface area contributed by atoms with Gasteiger partial charge in [-0.1, -0.05) is 6.07 Å². The van der Waals surface area contributed by atoms with Crippen LogP contribution in [0.4, 0.5) is 11.4 Å². The molecule has 0 aromatic heterocycles. The van der Waals surface area contributed by atoms with Gasteiger partial charge in [-0.15, -0.1) is 0 Å². The molecular formula is C10H17N3O2S. The number of nitrogen functional groups attached to an aromatic ring is 1. The van der Waals surface area contributed by atoms with E-state index in [1.165, 1.54) is 0 Å². The molecular weight excluding hydrogens is 226 g/mol. The number of hydrogen-bond acceptors (Lipinski definition) is 3. The summed E-state index contributed by atoms with van der Waals surface area (Å²) in [6.45, 7) is 5.28. The minimum atomic E-state index is -3.53. The molecule has 0 aliphatic carbocycles. The molecule has 0 bridgehead atoms. The second-order valence-electron chi connectivity index (χ2n) is 3.90. The maximum Gasteiger partial charge on any atom is 0.299 e. The van der Waals surface area contributed by atoms with Crippen LogP contribution in [0.1, 0.15) is 19.4 Å². The van der Waals surface area contributed by atoms with Gasteiger partial charge in [0.25, 0.3) is 10.2 Å². The first-order valence-corrected chi connectivity index (χ1v) is 6.45. The van der Waals surface area contributed by atoms with Crippen molar-refractivity contribution in [2.24, 2.45) is 0 Å². The van der Waals surface area contributed by atoms with E-state index in [0.29, 0.717) is 11.4 Å². The molecule has 0 spiro atoms. The van der Waals surface area contributed by atoms with E-state index in [1.807, 2.05) is 0 Å². The lowest BCUT2D eigenvalue weighted by Crippen LogP contribution is -2.35. The Kier molecular flexibility index (Phi) is 3.77. The van der Waals surface area contributed by atoms with E-state index in [-0.39, 0.29) is 6.04 Å². The van der Waals surface area contributed by atoms with Crippen LogP contribution in [0.25, 0.3) is 0 Å². The molecule has 16 heavy (non-hydrogen) atoms. The number of nitrogens with one attached hydrogen (secondary N) is 2. The molecule has 0 heterocycles. The summed E-state index contributed by atoms with van der Waals surface area (Å²) in [4.78, 5) is 0. The highest BCUT2D eigenvalue weighted by Crippen LogP contribution is 2.21. The quantitative estimate of drug-likeness (QED) is 0.695. The van der Waals surface area contributed by atoms with Crippen LogP contribution >= 0.6 is 0 Å². The highest BCUT2D eigenvalue weighted by molar-refractivity contribution is 7.90. The number of hydrogen-bond donors (Lipinski definition) is 3. The Morgan fingerprint density at radius 2 is 1.94 bits per heavy atom. The highest BCUT2D eigenvalue weighted by atomic mass is 32.2. The maximum atomic E-state index is 11.6. The Morgan fingerprint density at radius 1 is 1.31 bits per heavy atom. The van der Waals surface area contributed by atoms with Crippen LogP contribution in [0, 0.1) is 6.92 Å². The molecule has 90 valence electrons. The van der Waals surface area contributed by atoms with E-state index in [0.717, 1.165) is 5.56 Å². The summed E-state index contributed by atoms with van der Waals surface area (Å²) in [5.41, 5.74) is 7.46. The molecule has 1 rings (SSSR count). The van der Waals surface area contributed by atoms with E-state index in [9.17, 15) is 8.42 Å². The van der Waals surface area contributed by atoms with Crippen molar-refractivity contribution in [2.75, 3.05) is 10.5 Å². The molecule has 0 amide bonds. The molecule has 1 aromatic rings. The van der Waals surface area contributed by atoms with E-state index in [1.54, 1.807) is 39.0 Å². The molecule has 0 radical (unpaired) electrons. The third-order valence-electron chi connectivity index (χ3n) is 2.01. The predicted molar refractivity (Wildman–Crippen MR) is 66.4 cm³/mol. The van der Waals surface area contributed by atoms with Crippen molar-refractivity contribution in [1.29, 1.82) is 0 Å². The van der Waals surface area contributed by atoms with Crippen molar-refractivity contribution < 1.29 is 8.42 Å². The van der Waals surface area contributed by atoms with E-state index >= 15 is 0 Å². The zero-order chi connectivity index (χ0) is 12.3. The van der Waals surface area contributed by atoms with Gasteiger partial charge in [-0.25, -0.2) is 0 Å². The van der Waals surface area contributed by atoms with E-state index in [2.05, 4.69) is 9.44 Å². The van der Waals surface area contributed by atoms with Crippen LogP contribution < -0.4 is 15.2 Å². The van der Waals surface area contributed by atoms with Crippen molar-refractivity contribution in [3.8, 4) is 0 Å². The molecule has 0 saturated carbocycles. The number of anilines is 2. The number of rotatable bonds is 4. The van der Waals surface area contributed by atoms with Crippen molar-refractivity contribution in [3.63, 3.8) is 0 Å². The van der Waals surface area contributed by atoms with Gasteiger partial charge in [0.2, 0.25) is 0 Å². The highest BCUT2D eigenvalue weighted by Gasteiger charge is 2.12. The lowest BCUT2D eigenvalue weighted by molar-refractivity contribution is 0.575. The van der Waals surface area contributed by atoms with Gasteiger partial charge in [0.1, 0.15) is 0 Å². The molecule has 0 atom stereocenters. The summed E-state index contributed by atoms with van der Waals surface area (Å²) in [6.07, 6.45) is 0. The summed E-state index contributed by atoms with van der Waals surface area (Å²) in [5, 5.41) is 0. The fourth-order valence-corrected chi connectivity index (χ4v) is 2.44. The van der Waals surface area contributed by atoms with Gasteiger partial charge in [0, 0.05) is 11.7 Å². The molecule has 0 aliphatic heterocycles. The molecule has 5 nitrogen and oxygen atoms in total. The first-order valence-electron chi connectivity index (χ1n) is 4.97. The van der Waals surface area contributed by atoms with Crippen molar-refractivity contribution in [2.45, 2.75) is 26.8 Å². The van der Waals surface area contributed by atoms with Crippen LogP contribution in [-0.4, -0.2) is 14.5 Å². The maximum absolute atomic E-state index is 11.6. The Morgan fingerprint density at radius 3 is 2.50 bits per heavy atom. The number of nitrogens with two attached hydrogens (primary N) is 1. The zero-order valence-electron chi connectivity index (χ0n) is 9.61. The van der Waals surface area contributed by atoms with Gasteiger partial charge in [-0.3, -0.25) is 4.72 Å². The SMILES string of the molecule is Cc1c(N)cccc1NS(=O)(=O)NC(C)C. The summed E-state index contributed by atoms with van der Waals surface area (Å²) < 4.78 is 28.1. The van der Waals surface area contributed by atoms with Gasteiger partial charge in [0.05, 0.1) is 5.69 Å². The Bertz CT molecular complexity index is 469. The summed E-state index contributed by atoms with van der Waals surface area (Å²) >= 11 is 0. The van der Waals surface area contributed by atoms with Gasteiger partial charge in [-0.05, 0) is 38.5 Å². The fraction of sp³-hybridized carbons (Fsp3) is 0.400. The van der Waals surface area contributed by atoms with Gasteiger partial charge >= 0.3 is 0 Å². The lowest BCUT2D eigenvalue weighted by Gasteiger charge is -2.14. The van der Waals surface area contributed by atoms with Crippen LogP contribution in [-0.2, 0) is 10.2 Å². The third kappa shape index (κ3) is 3.39. The van der Waals surface area contributed by atoms with Gasteiger partial charge in [0.15, 0.2) is 0 Å². The summed E-state index contributed by atoms with van der Waals surface area (Å²) in [5.74, 6) is 0. The minimum absolute atomic E-state index is 0.154. The first-order chi connectivity index (χ1) is 7.32. The smallest absolute Gasteiger partial charge is 0.299 e. The van der Waals surface area contributed by atoms with E-state index < -0.39 is 10.2 Å². The normalized spacial score (nSPS) is 11.8. The molecule has 0 unspecified atom stereocenters. The second kappa shape index (κ2) is 4.71. The molecule has 6 heteroatoms. The fourth-order valence-electron chi connectivity index (χ4n) is 1.25. The molecule has 0 fully saturated rings. The summed E-state index contributed by atoms with van der Waals surface area (Å²) in [7, 11) is -3.53. The van der Waals surface area contributed by atoms with Crippen LogP contribution in [0.2, 0.25) is 0 Å². The van der Waals surface area contributed by atoms with Crippen molar-refractivity contribution >= 4 is 21.6 Å². The average Bonchev–Trinajstić information content (AvgIpc) is 2.10. The number of benzene rings is 1. The molecule has 1 aromatic carbocycles.